The molecule has 0 amide bonds. The van der Waals surface area contributed by atoms with Crippen molar-refractivity contribution in [1.29, 1.82) is 0 Å². The molecule has 98 valence electrons. The second kappa shape index (κ2) is 5.48. The third-order valence-electron chi connectivity index (χ3n) is 3.61. The lowest BCUT2D eigenvalue weighted by Gasteiger charge is -2.17. The number of aryl methyl sites for hydroxylation is 1. The van der Waals surface area contributed by atoms with Crippen molar-refractivity contribution in [3.8, 4) is 0 Å². The first-order valence-corrected chi connectivity index (χ1v) is 6.53. The van der Waals surface area contributed by atoms with Gasteiger partial charge in [0.2, 0.25) is 0 Å². The number of likely N-dealkylation sites (tertiary alicyclic amines) is 1. The van der Waals surface area contributed by atoms with E-state index in [0.717, 1.165) is 25.3 Å². The van der Waals surface area contributed by atoms with Gasteiger partial charge in [-0.25, -0.2) is 0 Å². The maximum atomic E-state index is 12.2. The number of pyridine rings is 1. The molecule has 0 spiro atoms. The van der Waals surface area contributed by atoms with Gasteiger partial charge in [0, 0.05) is 18.8 Å². The quantitative estimate of drug-likeness (QED) is 0.757. The van der Waals surface area contributed by atoms with Gasteiger partial charge in [-0.15, -0.1) is 0 Å². The zero-order valence-corrected chi connectivity index (χ0v) is 11.1. The Balaban J connectivity index is 2.18. The van der Waals surface area contributed by atoms with Crippen molar-refractivity contribution in [2.24, 2.45) is 0 Å². The summed E-state index contributed by atoms with van der Waals surface area (Å²) in [7, 11) is 0. The number of aromatic nitrogens is 1. The fraction of sp³-hybridized carbons (Fsp3) is 0.571. The third-order valence-corrected chi connectivity index (χ3v) is 3.61. The van der Waals surface area contributed by atoms with E-state index in [1.807, 2.05) is 13.0 Å². The fourth-order valence-electron chi connectivity index (χ4n) is 2.46. The van der Waals surface area contributed by atoms with E-state index in [4.69, 9.17) is 0 Å². The van der Waals surface area contributed by atoms with Crippen LogP contribution in [0.25, 0.3) is 0 Å². The van der Waals surface area contributed by atoms with Gasteiger partial charge in [-0.2, -0.15) is 0 Å². The molecule has 0 aliphatic carbocycles. The van der Waals surface area contributed by atoms with Crippen molar-refractivity contribution in [2.75, 3.05) is 19.6 Å². The molecule has 0 radical (unpaired) electrons. The normalized spacial score (nSPS) is 16.1. The molecule has 0 bridgehead atoms. The predicted octanol–water partition coefficient (Wildman–Crippen LogP) is 1.46. The largest absolute Gasteiger partial charge is 0.311 e. The van der Waals surface area contributed by atoms with E-state index in [2.05, 4.69) is 4.90 Å². The predicted molar refractivity (Wildman–Crippen MR) is 71.1 cm³/mol. The van der Waals surface area contributed by atoms with Gasteiger partial charge in [0.15, 0.2) is 5.78 Å². The van der Waals surface area contributed by atoms with Crippen LogP contribution < -0.4 is 5.56 Å². The van der Waals surface area contributed by atoms with Crippen LogP contribution >= 0.6 is 0 Å². The molecule has 4 heteroatoms. The third kappa shape index (κ3) is 2.70. The van der Waals surface area contributed by atoms with Crippen LogP contribution in [0.2, 0.25) is 0 Å². The summed E-state index contributed by atoms with van der Waals surface area (Å²) >= 11 is 0. The number of hydrogen-bond donors (Lipinski definition) is 0. The van der Waals surface area contributed by atoms with Crippen LogP contribution in [0, 0.1) is 6.92 Å². The topological polar surface area (TPSA) is 42.3 Å². The first-order valence-electron chi connectivity index (χ1n) is 6.53. The molecule has 1 fully saturated rings. The maximum absolute atomic E-state index is 12.2. The van der Waals surface area contributed by atoms with E-state index < -0.39 is 0 Å². The fourth-order valence-corrected chi connectivity index (χ4v) is 2.46. The van der Waals surface area contributed by atoms with Gasteiger partial charge in [-0.3, -0.25) is 9.59 Å². The molecule has 0 atom stereocenters. The van der Waals surface area contributed by atoms with E-state index in [9.17, 15) is 9.59 Å². The van der Waals surface area contributed by atoms with E-state index in [-0.39, 0.29) is 11.3 Å². The molecule has 0 unspecified atom stereocenters. The van der Waals surface area contributed by atoms with Crippen molar-refractivity contribution >= 4 is 5.78 Å². The summed E-state index contributed by atoms with van der Waals surface area (Å²) in [5.41, 5.74) is 1.06. The lowest BCUT2D eigenvalue weighted by molar-refractivity contribution is 0.101. The highest BCUT2D eigenvalue weighted by Gasteiger charge is 2.13. The van der Waals surface area contributed by atoms with Gasteiger partial charge in [-0.1, -0.05) is 0 Å². The zero-order valence-electron chi connectivity index (χ0n) is 11.1. The van der Waals surface area contributed by atoms with Gasteiger partial charge >= 0.3 is 0 Å². The van der Waals surface area contributed by atoms with Crippen molar-refractivity contribution in [3.05, 3.63) is 33.7 Å². The summed E-state index contributed by atoms with van der Waals surface area (Å²) < 4.78 is 1.72. The van der Waals surface area contributed by atoms with Gasteiger partial charge in [0.25, 0.3) is 5.56 Å². The van der Waals surface area contributed by atoms with Gasteiger partial charge in [-0.05, 0) is 51.9 Å². The molecule has 1 aliphatic rings. The van der Waals surface area contributed by atoms with E-state index in [1.165, 1.54) is 19.8 Å². The summed E-state index contributed by atoms with van der Waals surface area (Å²) in [6.45, 7) is 7.17. The number of rotatable bonds is 4. The van der Waals surface area contributed by atoms with Crippen LogP contribution in [0.15, 0.2) is 16.9 Å². The first-order chi connectivity index (χ1) is 8.59. The Kier molecular flexibility index (Phi) is 3.97. The van der Waals surface area contributed by atoms with E-state index in [1.54, 1.807) is 10.6 Å². The molecule has 4 nitrogen and oxygen atoms in total. The minimum atomic E-state index is -0.157. The summed E-state index contributed by atoms with van der Waals surface area (Å²) in [5.74, 6) is -0.157. The molecule has 1 aromatic rings. The molecular weight excluding hydrogens is 228 g/mol. The van der Waals surface area contributed by atoms with Crippen molar-refractivity contribution in [2.45, 2.75) is 33.2 Å². The van der Waals surface area contributed by atoms with Crippen LogP contribution in [0.4, 0.5) is 0 Å². The zero-order chi connectivity index (χ0) is 13.1. The molecule has 0 saturated carbocycles. The lowest BCUT2D eigenvalue weighted by Crippen LogP contribution is -2.32. The number of nitrogens with zero attached hydrogens (tertiary/aromatic N) is 2. The average Bonchev–Trinajstić information content (AvgIpc) is 2.81. The Labute approximate surface area is 107 Å². The van der Waals surface area contributed by atoms with Gasteiger partial charge < -0.3 is 9.47 Å². The van der Waals surface area contributed by atoms with Crippen LogP contribution in [0.3, 0.4) is 0 Å². The second-order valence-corrected chi connectivity index (χ2v) is 4.95. The maximum Gasteiger partial charge on any atom is 0.261 e. The summed E-state index contributed by atoms with van der Waals surface area (Å²) in [6.07, 6.45) is 2.50. The van der Waals surface area contributed by atoms with Crippen molar-refractivity contribution in [1.82, 2.24) is 9.47 Å². The average molecular weight is 248 g/mol. The Morgan fingerprint density at radius 1 is 1.22 bits per heavy atom. The molecule has 2 rings (SSSR count). The monoisotopic (exact) mass is 248 g/mol. The number of hydrogen-bond acceptors (Lipinski definition) is 3. The smallest absolute Gasteiger partial charge is 0.261 e. The van der Waals surface area contributed by atoms with Crippen LogP contribution in [0.5, 0.6) is 0 Å². The number of ketones is 1. The number of Topliss-reactive ketones (excluding diaryl/α,β-unsaturated/α-hetero) is 1. The lowest BCUT2D eigenvalue weighted by atomic mass is 10.2. The Hall–Kier alpha value is -1.42. The molecule has 0 aromatic carbocycles. The standard InChI is InChI=1S/C14H20N2O2/c1-11-5-6-13(12(2)17)14(18)16(11)10-9-15-7-3-4-8-15/h5-6H,3-4,7-10H2,1-2H3. The van der Waals surface area contributed by atoms with Gasteiger partial charge in [0.1, 0.15) is 0 Å². The first kappa shape index (κ1) is 13.0. The van der Waals surface area contributed by atoms with Crippen molar-refractivity contribution < 1.29 is 4.79 Å². The highest BCUT2D eigenvalue weighted by molar-refractivity contribution is 5.93. The SMILES string of the molecule is CC(=O)c1ccc(C)n(CCN2CCCC2)c1=O. The molecule has 1 saturated heterocycles. The molecular formula is C14H20N2O2. The van der Waals surface area contributed by atoms with Gasteiger partial charge in [0.05, 0.1) is 5.56 Å². The van der Waals surface area contributed by atoms with E-state index in [0.29, 0.717) is 12.1 Å². The Morgan fingerprint density at radius 2 is 1.89 bits per heavy atom. The molecule has 0 N–H and O–H groups in total. The van der Waals surface area contributed by atoms with Crippen LogP contribution in [0.1, 0.15) is 35.8 Å². The minimum Gasteiger partial charge on any atom is -0.311 e. The van der Waals surface area contributed by atoms with Crippen LogP contribution in [-0.4, -0.2) is 34.9 Å². The summed E-state index contributed by atoms with van der Waals surface area (Å²) in [6, 6.07) is 3.48. The molecule has 1 aliphatic heterocycles. The molecule has 1 aromatic heterocycles. The Bertz CT molecular complexity index is 499. The Morgan fingerprint density at radius 3 is 2.50 bits per heavy atom. The van der Waals surface area contributed by atoms with E-state index >= 15 is 0 Å². The number of carbonyl (C=O) groups is 1. The summed E-state index contributed by atoms with van der Waals surface area (Å²) in [4.78, 5) is 25.9. The minimum absolute atomic E-state index is 0.151. The highest BCUT2D eigenvalue weighted by atomic mass is 16.1. The number of carbonyl (C=O) groups excluding carboxylic acids is 1. The molecule has 18 heavy (non-hydrogen) atoms. The van der Waals surface area contributed by atoms with Crippen molar-refractivity contribution in [3.63, 3.8) is 0 Å². The summed E-state index contributed by atoms with van der Waals surface area (Å²) in [5, 5.41) is 0. The second-order valence-electron chi connectivity index (χ2n) is 4.95. The van der Waals surface area contributed by atoms with Crippen LogP contribution in [-0.2, 0) is 6.54 Å². The molecule has 2 heterocycles. The highest BCUT2D eigenvalue weighted by Crippen LogP contribution is 2.07.